The molecule has 0 aliphatic carbocycles. The molecule has 274 valence electrons. The molecule has 0 aromatic carbocycles. The van der Waals surface area contributed by atoms with Crippen molar-refractivity contribution in [3.8, 4) is 0 Å². The molecule has 0 aliphatic rings. The highest BCUT2D eigenvalue weighted by atomic mass is 16.4. The van der Waals surface area contributed by atoms with Crippen molar-refractivity contribution in [1.29, 1.82) is 5.41 Å². The Morgan fingerprint density at radius 2 is 0.812 bits per heavy atom. The largest absolute Gasteiger partial charge is 0.480 e. The zero-order valence-electron chi connectivity index (χ0n) is 25.5. The maximum atomic E-state index is 12.7. The molecule has 0 heterocycles. The molecule has 48 heavy (non-hydrogen) atoms. The van der Waals surface area contributed by atoms with Gasteiger partial charge < -0.3 is 84.4 Å². The van der Waals surface area contributed by atoms with E-state index < -0.39 is 123 Å². The van der Waals surface area contributed by atoms with Gasteiger partial charge >= 0.3 is 5.97 Å². The summed E-state index contributed by atoms with van der Waals surface area (Å²) in [6.45, 7) is -6.00. The van der Waals surface area contributed by atoms with Crippen LogP contribution in [0.2, 0.25) is 0 Å². The van der Waals surface area contributed by atoms with E-state index in [0.29, 0.717) is 0 Å². The van der Waals surface area contributed by atoms with Gasteiger partial charge in [0.2, 0.25) is 35.4 Å². The van der Waals surface area contributed by atoms with Gasteiger partial charge in [0.1, 0.15) is 42.3 Å². The Bertz CT molecular complexity index is 1130. The second-order valence-corrected chi connectivity index (χ2v) is 9.89. The van der Waals surface area contributed by atoms with Gasteiger partial charge in [0.05, 0.1) is 39.6 Å². The molecular formula is C24H44N10O14. The van der Waals surface area contributed by atoms with Crippen LogP contribution in [0.3, 0.4) is 0 Å². The number of carbonyl (C=O) groups excluding carboxylic acids is 6. The molecule has 0 spiro atoms. The molecule has 0 saturated heterocycles. The number of hydrogen-bond donors (Lipinski definition) is 17. The van der Waals surface area contributed by atoms with E-state index in [0.717, 1.165) is 0 Å². The molecule has 0 rings (SSSR count). The zero-order valence-corrected chi connectivity index (χ0v) is 25.5. The highest BCUT2D eigenvalue weighted by molar-refractivity contribution is 5.97. The first-order valence-electron chi connectivity index (χ1n) is 14.1. The summed E-state index contributed by atoms with van der Waals surface area (Å²) in [5.41, 5.74) is 10.4. The van der Waals surface area contributed by atoms with Crippen LogP contribution in [-0.4, -0.2) is 172 Å². The molecule has 0 aromatic heterocycles. The van der Waals surface area contributed by atoms with E-state index in [1.165, 1.54) is 0 Å². The first kappa shape index (κ1) is 43.3. The number of rotatable bonds is 23. The van der Waals surface area contributed by atoms with E-state index in [1.807, 2.05) is 26.6 Å². The lowest BCUT2D eigenvalue weighted by Gasteiger charge is -2.25. The fourth-order valence-corrected chi connectivity index (χ4v) is 3.48. The molecule has 19 N–H and O–H groups in total. The minimum atomic E-state index is -1.85. The molecule has 0 unspecified atom stereocenters. The van der Waals surface area contributed by atoms with Gasteiger partial charge in [0.15, 0.2) is 5.96 Å². The molecule has 6 amide bonds. The lowest BCUT2D eigenvalue weighted by atomic mass is 10.1. The Labute approximate surface area is 272 Å². The van der Waals surface area contributed by atoms with Crippen molar-refractivity contribution in [2.45, 2.75) is 55.1 Å². The number of aliphatic hydroxyl groups excluding tert-OH is 6. The molecule has 24 heteroatoms. The third-order valence-electron chi connectivity index (χ3n) is 6.21. The topological polar surface area (TPSA) is 421 Å². The molecule has 0 saturated carbocycles. The molecule has 0 aromatic rings. The number of hydrogen-bond acceptors (Lipinski definition) is 15. The van der Waals surface area contributed by atoms with Crippen LogP contribution in [0, 0.1) is 5.41 Å². The quantitative estimate of drug-likeness (QED) is 0.0268. The number of carbonyl (C=O) groups is 7. The minimum Gasteiger partial charge on any atom is -0.480 e. The fourth-order valence-electron chi connectivity index (χ4n) is 3.48. The van der Waals surface area contributed by atoms with E-state index in [-0.39, 0.29) is 25.3 Å². The van der Waals surface area contributed by atoms with Crippen molar-refractivity contribution >= 4 is 47.4 Å². The van der Waals surface area contributed by atoms with E-state index >= 15 is 0 Å². The van der Waals surface area contributed by atoms with Crippen LogP contribution in [0.15, 0.2) is 0 Å². The lowest BCUT2D eigenvalue weighted by molar-refractivity contribution is -0.143. The summed E-state index contributed by atoms with van der Waals surface area (Å²) >= 11 is 0. The number of nitrogens with two attached hydrogens (primary N) is 2. The van der Waals surface area contributed by atoms with Crippen LogP contribution in [0.4, 0.5) is 0 Å². The number of amides is 6. The molecular weight excluding hydrogens is 652 g/mol. The second-order valence-electron chi connectivity index (χ2n) is 9.89. The highest BCUT2D eigenvalue weighted by Gasteiger charge is 2.33. The minimum absolute atomic E-state index is 0.114. The first-order chi connectivity index (χ1) is 22.6. The van der Waals surface area contributed by atoms with Crippen molar-refractivity contribution in [1.82, 2.24) is 37.2 Å². The van der Waals surface area contributed by atoms with Gasteiger partial charge in [-0.2, -0.15) is 0 Å². The summed E-state index contributed by atoms with van der Waals surface area (Å²) in [5.74, 6) is -8.95. The average Bonchev–Trinajstić information content (AvgIpc) is 3.05. The van der Waals surface area contributed by atoms with Crippen LogP contribution < -0.4 is 48.7 Å². The van der Waals surface area contributed by atoms with E-state index in [4.69, 9.17) is 22.0 Å². The van der Waals surface area contributed by atoms with Gasteiger partial charge in [-0.15, -0.1) is 0 Å². The summed E-state index contributed by atoms with van der Waals surface area (Å²) in [6, 6.07) is -11.8. The maximum Gasteiger partial charge on any atom is 0.326 e. The van der Waals surface area contributed by atoms with Crippen LogP contribution >= 0.6 is 0 Å². The van der Waals surface area contributed by atoms with Gasteiger partial charge in [-0.3, -0.25) is 34.2 Å². The Balaban J connectivity index is 5.36. The Morgan fingerprint density at radius 3 is 1.06 bits per heavy atom. The van der Waals surface area contributed by atoms with Gasteiger partial charge in [-0.25, -0.2) is 4.79 Å². The molecule has 0 radical (unpaired) electrons. The number of guanidine groups is 1. The maximum absolute atomic E-state index is 12.7. The third kappa shape index (κ3) is 15.2. The summed E-state index contributed by atoms with van der Waals surface area (Å²) < 4.78 is 0. The lowest BCUT2D eigenvalue weighted by Crippen LogP contribution is -2.62. The number of carboxylic acid groups (broad SMARTS) is 1. The van der Waals surface area contributed by atoms with Crippen molar-refractivity contribution in [2.24, 2.45) is 11.5 Å². The third-order valence-corrected chi connectivity index (χ3v) is 6.21. The van der Waals surface area contributed by atoms with Crippen LogP contribution in [0.5, 0.6) is 0 Å². The smallest absolute Gasteiger partial charge is 0.326 e. The van der Waals surface area contributed by atoms with Gasteiger partial charge in [0, 0.05) is 6.54 Å². The predicted octanol–water partition coefficient (Wildman–Crippen LogP) is -10.5. The average molecular weight is 697 g/mol. The summed E-state index contributed by atoms with van der Waals surface area (Å²) in [6.07, 6.45) is 0.0251. The predicted molar refractivity (Wildman–Crippen MR) is 159 cm³/mol. The van der Waals surface area contributed by atoms with Crippen molar-refractivity contribution in [3.63, 3.8) is 0 Å². The SMILES string of the molecule is N=C(N)NCCC[C@H](NC(=O)[C@H](CO)NC(=O)[C@H](CO)NC(=O)[C@H](CO)NC(=O)[C@H](CO)NC(=O)[C@H](CO)NC(=O)[C@@H](N)CO)C(=O)O. The number of nitrogens with one attached hydrogen (secondary N) is 8. The zero-order chi connectivity index (χ0) is 37.0. The van der Waals surface area contributed by atoms with Crippen LogP contribution in [0.25, 0.3) is 0 Å². The Morgan fingerprint density at radius 1 is 0.521 bits per heavy atom. The normalized spacial score (nSPS) is 15.1. The summed E-state index contributed by atoms with van der Waals surface area (Å²) in [4.78, 5) is 86.3. The highest BCUT2D eigenvalue weighted by Crippen LogP contribution is 2.00. The summed E-state index contributed by atoms with van der Waals surface area (Å²) in [5, 5.41) is 87.7. The van der Waals surface area contributed by atoms with Crippen LogP contribution in [0.1, 0.15) is 12.8 Å². The second kappa shape index (κ2) is 22.7. The van der Waals surface area contributed by atoms with Crippen molar-refractivity contribution in [3.05, 3.63) is 0 Å². The number of aliphatic hydroxyl groups is 6. The van der Waals surface area contributed by atoms with E-state index in [2.05, 4.69) is 10.6 Å². The Kier molecular flexibility index (Phi) is 20.5. The monoisotopic (exact) mass is 696 g/mol. The van der Waals surface area contributed by atoms with E-state index in [1.54, 1.807) is 0 Å². The molecule has 24 nitrogen and oxygen atoms in total. The molecule has 0 fully saturated rings. The van der Waals surface area contributed by atoms with Crippen molar-refractivity contribution < 1.29 is 69.3 Å². The Hall–Kier alpha value is -4.72. The molecule has 7 atom stereocenters. The molecule has 0 aliphatic heterocycles. The summed E-state index contributed by atoms with van der Waals surface area (Å²) in [7, 11) is 0. The van der Waals surface area contributed by atoms with Gasteiger partial charge in [-0.05, 0) is 12.8 Å². The number of aliphatic carboxylic acids is 1. The molecule has 0 bridgehead atoms. The van der Waals surface area contributed by atoms with Gasteiger partial charge in [0.25, 0.3) is 0 Å². The number of carboxylic acids is 1. The van der Waals surface area contributed by atoms with Crippen molar-refractivity contribution in [2.75, 3.05) is 46.2 Å². The first-order valence-corrected chi connectivity index (χ1v) is 14.1. The van der Waals surface area contributed by atoms with Gasteiger partial charge in [-0.1, -0.05) is 0 Å². The standard InChI is InChI=1S/C24H44N10O14/c25-10(4-35)17(41)30-12(5-36)19(43)32-14(7-38)21(45)34-16(9-40)22(46)33-15(8-39)20(44)31-13(6-37)18(42)29-11(23(47)48)2-1-3-28-24(26)27/h10-16,35-40H,1-9,25H2,(H,29,42)(H,30,41)(H,31,44)(H,32,43)(H,33,46)(H,34,45)(H,47,48)(H4,26,27,28)/t10-,11-,12-,13-,14-,15-,16-/m0/s1. The van der Waals surface area contributed by atoms with Crippen LogP contribution in [-0.2, 0) is 33.6 Å². The van der Waals surface area contributed by atoms with E-state index in [9.17, 15) is 64.2 Å². The fraction of sp³-hybridized carbons (Fsp3) is 0.667.